The van der Waals surface area contributed by atoms with E-state index in [0.717, 1.165) is 0 Å². The third-order valence-corrected chi connectivity index (χ3v) is 6.99. The molecular weight excluding hydrogens is 404 g/mol. The van der Waals surface area contributed by atoms with Crippen LogP contribution < -0.4 is 0 Å². The highest BCUT2D eigenvalue weighted by atomic mass is 79.9. The van der Waals surface area contributed by atoms with Crippen molar-refractivity contribution in [1.82, 2.24) is 0 Å². The van der Waals surface area contributed by atoms with Gasteiger partial charge in [-0.3, -0.25) is 0 Å². The Labute approximate surface area is 180 Å². The van der Waals surface area contributed by atoms with Crippen molar-refractivity contribution in [3.05, 3.63) is 64.1 Å². The number of hydrogen-bond donors (Lipinski definition) is 0. The topological polar surface area (TPSA) is 0 Å². The first-order chi connectivity index (χ1) is 13.7. The molecule has 0 N–H and O–H groups in total. The second-order valence-electron chi connectivity index (χ2n) is 8.40. The zero-order valence-electron chi connectivity index (χ0n) is 17.7. The molecule has 0 aliphatic heterocycles. The molecule has 0 aromatic heterocycles. The summed E-state index contributed by atoms with van der Waals surface area (Å²) in [4.78, 5) is 0. The summed E-state index contributed by atoms with van der Waals surface area (Å²) in [7, 11) is 0. The van der Waals surface area contributed by atoms with Gasteiger partial charge in [-0.05, 0) is 52.8 Å². The van der Waals surface area contributed by atoms with Crippen LogP contribution in [0, 0.1) is 0 Å². The molecule has 0 amide bonds. The molecule has 0 heterocycles. The van der Waals surface area contributed by atoms with Crippen LogP contribution in [-0.2, 0) is 5.41 Å². The van der Waals surface area contributed by atoms with Crippen molar-refractivity contribution < 1.29 is 0 Å². The lowest BCUT2D eigenvalue weighted by molar-refractivity contribution is 0.401. The van der Waals surface area contributed by atoms with Crippen LogP contribution in [0.5, 0.6) is 0 Å². The molecule has 0 spiro atoms. The van der Waals surface area contributed by atoms with Gasteiger partial charge in [0.25, 0.3) is 0 Å². The van der Waals surface area contributed by atoms with E-state index < -0.39 is 0 Å². The third kappa shape index (κ3) is 4.30. The van der Waals surface area contributed by atoms with Crippen LogP contribution in [0.3, 0.4) is 0 Å². The smallest absolute Gasteiger partial charge is 0.0215 e. The fourth-order valence-corrected chi connectivity index (χ4v) is 5.34. The van der Waals surface area contributed by atoms with Crippen LogP contribution in [0.15, 0.2) is 47.4 Å². The molecule has 2 aromatic carbocycles. The van der Waals surface area contributed by atoms with Crippen molar-refractivity contribution in [3.8, 4) is 11.1 Å². The maximum atomic E-state index is 4.03. The van der Waals surface area contributed by atoms with E-state index in [4.69, 9.17) is 0 Å². The van der Waals surface area contributed by atoms with E-state index in [0.29, 0.717) is 0 Å². The molecule has 0 nitrogen and oxygen atoms in total. The average molecular weight is 439 g/mol. The van der Waals surface area contributed by atoms with Gasteiger partial charge in [0.2, 0.25) is 0 Å². The van der Waals surface area contributed by atoms with Gasteiger partial charge in [-0.2, -0.15) is 0 Å². The highest BCUT2D eigenvalue weighted by Gasteiger charge is 2.42. The quantitative estimate of drug-likeness (QED) is 0.306. The van der Waals surface area contributed by atoms with Gasteiger partial charge in [-0.25, -0.2) is 0 Å². The Kier molecular flexibility index (Phi) is 7.57. The highest BCUT2D eigenvalue weighted by Crippen LogP contribution is 2.55. The SMILES string of the molecule is C=Cc1ccc2c(c1)C(CCCCCC)(CCCCCC)c1cc(Br)ccc1-2. The normalized spacial score (nSPS) is 14.0. The van der Waals surface area contributed by atoms with Crippen LogP contribution >= 0.6 is 15.9 Å². The standard InChI is InChI=1S/C27H35Br/c1-4-7-9-11-17-27(18-12-10-8-5-2)25-19-21(6-3)13-15-23(25)24-16-14-22(28)20-26(24)27/h6,13-16,19-20H,3-5,7-12,17-18H2,1-2H3. The molecule has 0 atom stereocenters. The van der Waals surface area contributed by atoms with Gasteiger partial charge >= 0.3 is 0 Å². The Morgan fingerprint density at radius 3 is 1.93 bits per heavy atom. The van der Waals surface area contributed by atoms with E-state index in [-0.39, 0.29) is 5.41 Å². The zero-order valence-corrected chi connectivity index (χ0v) is 19.3. The number of rotatable bonds is 11. The van der Waals surface area contributed by atoms with Crippen molar-refractivity contribution >= 4 is 22.0 Å². The third-order valence-electron chi connectivity index (χ3n) is 6.50. The Hall–Kier alpha value is -1.34. The lowest BCUT2D eigenvalue weighted by Crippen LogP contribution is -2.25. The minimum absolute atomic E-state index is 0.162. The lowest BCUT2D eigenvalue weighted by atomic mass is 9.70. The van der Waals surface area contributed by atoms with Crippen LogP contribution in [0.1, 0.15) is 94.7 Å². The minimum atomic E-state index is 0.162. The molecule has 0 bridgehead atoms. The van der Waals surface area contributed by atoms with E-state index in [9.17, 15) is 0 Å². The second-order valence-corrected chi connectivity index (χ2v) is 9.32. The summed E-state index contributed by atoms with van der Waals surface area (Å²) in [6.45, 7) is 8.63. The number of benzene rings is 2. The van der Waals surface area contributed by atoms with Crippen molar-refractivity contribution in [2.45, 2.75) is 83.5 Å². The molecule has 150 valence electrons. The number of unbranched alkanes of at least 4 members (excludes halogenated alkanes) is 6. The van der Waals surface area contributed by atoms with Gasteiger partial charge in [-0.15, -0.1) is 0 Å². The van der Waals surface area contributed by atoms with Gasteiger partial charge in [0.1, 0.15) is 0 Å². The zero-order chi connectivity index (χ0) is 20.0. The predicted molar refractivity (Wildman–Crippen MR) is 128 cm³/mol. The summed E-state index contributed by atoms with van der Waals surface area (Å²) in [6.07, 6.45) is 15.1. The highest BCUT2D eigenvalue weighted by molar-refractivity contribution is 9.10. The molecule has 3 rings (SSSR count). The predicted octanol–water partition coefficient (Wildman–Crippen LogP) is 9.30. The second kappa shape index (κ2) is 9.92. The summed E-state index contributed by atoms with van der Waals surface area (Å²) in [5.74, 6) is 0. The number of fused-ring (bicyclic) bond motifs is 3. The average Bonchev–Trinajstić information content (AvgIpc) is 2.97. The van der Waals surface area contributed by atoms with E-state index in [1.807, 2.05) is 6.08 Å². The van der Waals surface area contributed by atoms with E-state index >= 15 is 0 Å². The monoisotopic (exact) mass is 438 g/mol. The van der Waals surface area contributed by atoms with Gasteiger partial charge in [0.15, 0.2) is 0 Å². The Bertz CT molecular complexity index is 790. The first-order valence-electron chi connectivity index (χ1n) is 11.2. The van der Waals surface area contributed by atoms with Crippen LogP contribution in [-0.4, -0.2) is 0 Å². The largest absolute Gasteiger partial charge is 0.0985 e. The molecular formula is C27H35Br. The summed E-state index contributed by atoms with van der Waals surface area (Å²) in [5, 5.41) is 0. The molecule has 0 saturated carbocycles. The van der Waals surface area contributed by atoms with Crippen molar-refractivity contribution in [3.63, 3.8) is 0 Å². The van der Waals surface area contributed by atoms with E-state index in [1.165, 1.54) is 85.4 Å². The molecule has 0 fully saturated rings. The first kappa shape index (κ1) is 21.4. The minimum Gasteiger partial charge on any atom is -0.0985 e. The molecule has 1 aliphatic rings. The maximum absolute atomic E-state index is 4.03. The van der Waals surface area contributed by atoms with Gasteiger partial charge < -0.3 is 0 Å². The molecule has 1 heteroatoms. The van der Waals surface area contributed by atoms with E-state index in [1.54, 1.807) is 11.1 Å². The molecule has 0 radical (unpaired) electrons. The molecule has 0 saturated heterocycles. The Balaban J connectivity index is 2.06. The van der Waals surface area contributed by atoms with Crippen molar-refractivity contribution in [2.24, 2.45) is 0 Å². The first-order valence-corrected chi connectivity index (χ1v) is 12.0. The molecule has 1 aliphatic carbocycles. The fourth-order valence-electron chi connectivity index (χ4n) is 4.98. The summed E-state index contributed by atoms with van der Waals surface area (Å²) < 4.78 is 1.20. The Morgan fingerprint density at radius 2 is 1.36 bits per heavy atom. The van der Waals surface area contributed by atoms with Gasteiger partial charge in [0, 0.05) is 9.89 Å². The number of halogens is 1. The van der Waals surface area contributed by atoms with Gasteiger partial charge in [0.05, 0.1) is 0 Å². The molecule has 0 unspecified atom stereocenters. The van der Waals surface area contributed by atoms with Crippen molar-refractivity contribution in [1.29, 1.82) is 0 Å². The molecule has 28 heavy (non-hydrogen) atoms. The van der Waals surface area contributed by atoms with Gasteiger partial charge in [-0.1, -0.05) is 118 Å². The van der Waals surface area contributed by atoms with Crippen molar-refractivity contribution in [2.75, 3.05) is 0 Å². The lowest BCUT2D eigenvalue weighted by Gasteiger charge is -2.33. The summed E-state index contributed by atoms with van der Waals surface area (Å²) in [6, 6.07) is 13.9. The van der Waals surface area contributed by atoms with Crippen LogP contribution in [0.2, 0.25) is 0 Å². The maximum Gasteiger partial charge on any atom is 0.0215 e. The fraction of sp³-hybridized carbons (Fsp3) is 0.481. The van der Waals surface area contributed by atoms with Crippen LogP contribution in [0.4, 0.5) is 0 Å². The summed E-state index contributed by atoms with van der Waals surface area (Å²) >= 11 is 3.76. The number of hydrogen-bond acceptors (Lipinski definition) is 0. The Morgan fingerprint density at radius 1 is 0.786 bits per heavy atom. The van der Waals surface area contributed by atoms with Crippen LogP contribution in [0.25, 0.3) is 17.2 Å². The summed E-state index contributed by atoms with van der Waals surface area (Å²) in [5.41, 5.74) is 7.39. The van der Waals surface area contributed by atoms with E-state index in [2.05, 4.69) is 72.8 Å². The molecule has 2 aromatic rings.